The number of para-hydroxylation sites is 1. The lowest BCUT2D eigenvalue weighted by molar-refractivity contribution is 0.417. The maximum Gasteiger partial charge on any atom is 0.201 e. The quantitative estimate of drug-likeness (QED) is 0.451. The third-order valence-electron chi connectivity index (χ3n) is 3.20. The molecular formula is C16H14BrClN2OS3. The van der Waals surface area contributed by atoms with Gasteiger partial charge in [0.2, 0.25) is 5.05 Å². The minimum atomic E-state index is 0. The molecule has 24 heavy (non-hydrogen) atoms. The molecule has 0 saturated heterocycles. The molecule has 0 spiro atoms. The van der Waals surface area contributed by atoms with Gasteiger partial charge in [-0.25, -0.2) is 4.98 Å². The summed E-state index contributed by atoms with van der Waals surface area (Å²) in [5, 5.41) is 7.25. The molecule has 126 valence electrons. The zero-order chi connectivity index (χ0) is 16.4. The number of aryl methyl sites for hydroxylation is 1. The molecule has 3 rings (SSSR count). The first kappa shape index (κ1) is 19.3. The lowest BCUT2D eigenvalue weighted by atomic mass is 10.2. The van der Waals surface area contributed by atoms with Crippen molar-refractivity contribution < 1.29 is 4.74 Å². The number of hydrogen-bond donors (Lipinski definition) is 1. The van der Waals surface area contributed by atoms with Gasteiger partial charge < -0.3 is 10.1 Å². The molecule has 1 aromatic carbocycles. The van der Waals surface area contributed by atoms with Crippen molar-refractivity contribution >= 4 is 79.3 Å². The molecule has 0 bridgehead atoms. The highest BCUT2D eigenvalue weighted by atomic mass is 79.9. The molecule has 1 N–H and O–H groups in total. The highest BCUT2D eigenvalue weighted by molar-refractivity contribution is 8.93. The number of aromatic nitrogens is 1. The third kappa shape index (κ3) is 4.15. The van der Waals surface area contributed by atoms with E-state index in [0.29, 0.717) is 10.1 Å². The molecule has 0 aliphatic carbocycles. The average molecular weight is 462 g/mol. The van der Waals surface area contributed by atoms with Crippen LogP contribution in [0.1, 0.15) is 9.75 Å². The van der Waals surface area contributed by atoms with Gasteiger partial charge in [0, 0.05) is 15.8 Å². The van der Waals surface area contributed by atoms with Gasteiger partial charge in [0.05, 0.1) is 28.4 Å². The second kappa shape index (κ2) is 8.40. The van der Waals surface area contributed by atoms with Crippen molar-refractivity contribution in [2.75, 3.05) is 12.4 Å². The normalized spacial score (nSPS) is 10.1. The van der Waals surface area contributed by atoms with Crippen molar-refractivity contribution in [3.05, 3.63) is 50.5 Å². The molecule has 3 aromatic rings. The molecule has 0 aliphatic heterocycles. The lowest BCUT2D eigenvalue weighted by Crippen LogP contribution is -1.95. The Hall–Kier alpha value is -0.990. The van der Waals surface area contributed by atoms with Crippen LogP contribution in [0.3, 0.4) is 0 Å². The van der Waals surface area contributed by atoms with Crippen molar-refractivity contribution in [2.45, 2.75) is 6.92 Å². The predicted molar refractivity (Wildman–Crippen MR) is 114 cm³/mol. The number of thiazole rings is 1. The lowest BCUT2D eigenvalue weighted by Gasteiger charge is -2.03. The summed E-state index contributed by atoms with van der Waals surface area (Å²) >= 11 is 14.5. The van der Waals surface area contributed by atoms with Gasteiger partial charge in [0.1, 0.15) is 0 Å². The number of benzene rings is 1. The van der Waals surface area contributed by atoms with Crippen LogP contribution < -0.4 is 5.32 Å². The molecule has 0 saturated carbocycles. The number of hydrogen-bond acceptors (Lipinski definition) is 6. The van der Waals surface area contributed by atoms with Crippen molar-refractivity contribution in [1.29, 1.82) is 0 Å². The molecule has 2 aromatic heterocycles. The van der Waals surface area contributed by atoms with Crippen LogP contribution >= 0.6 is 63.5 Å². The Morgan fingerprint density at radius 1 is 1.33 bits per heavy atom. The minimum Gasteiger partial charge on any atom is -0.486 e. The Balaban J connectivity index is 0.00000208. The Morgan fingerprint density at radius 3 is 2.79 bits per heavy atom. The molecule has 2 heterocycles. The summed E-state index contributed by atoms with van der Waals surface area (Å²) in [4.78, 5) is 6.76. The van der Waals surface area contributed by atoms with Crippen LogP contribution in [0.4, 0.5) is 10.8 Å². The monoisotopic (exact) mass is 460 g/mol. The van der Waals surface area contributed by atoms with Gasteiger partial charge in [-0.3, -0.25) is 0 Å². The van der Waals surface area contributed by atoms with Crippen molar-refractivity contribution in [1.82, 2.24) is 4.98 Å². The molecule has 0 unspecified atom stereocenters. The number of anilines is 2. The largest absolute Gasteiger partial charge is 0.486 e. The van der Waals surface area contributed by atoms with E-state index >= 15 is 0 Å². The van der Waals surface area contributed by atoms with Crippen LogP contribution in [0.5, 0.6) is 0 Å². The van der Waals surface area contributed by atoms with Crippen molar-refractivity contribution in [3.63, 3.8) is 0 Å². The summed E-state index contributed by atoms with van der Waals surface area (Å²) in [5.41, 5.74) is 2.84. The van der Waals surface area contributed by atoms with E-state index in [-0.39, 0.29) is 17.0 Å². The molecule has 0 atom stereocenters. The molecular weight excluding hydrogens is 448 g/mol. The van der Waals surface area contributed by atoms with E-state index in [0.717, 1.165) is 31.8 Å². The van der Waals surface area contributed by atoms with E-state index in [1.165, 1.54) is 11.3 Å². The number of ether oxygens (including phenoxy) is 1. The van der Waals surface area contributed by atoms with E-state index in [1.54, 1.807) is 18.4 Å². The fourth-order valence-corrected chi connectivity index (χ4v) is 4.11. The molecule has 0 aliphatic rings. The second-order valence-corrected chi connectivity index (χ2v) is 7.61. The van der Waals surface area contributed by atoms with E-state index in [2.05, 4.69) is 17.2 Å². The zero-order valence-electron chi connectivity index (χ0n) is 12.8. The molecule has 0 radical (unpaired) electrons. The van der Waals surface area contributed by atoms with E-state index in [1.807, 2.05) is 35.7 Å². The average Bonchev–Trinajstić information content (AvgIpc) is 3.15. The highest BCUT2D eigenvalue weighted by Gasteiger charge is 2.14. The highest BCUT2D eigenvalue weighted by Crippen LogP contribution is 2.35. The van der Waals surface area contributed by atoms with Gasteiger partial charge in [-0.1, -0.05) is 23.7 Å². The summed E-state index contributed by atoms with van der Waals surface area (Å²) in [7, 11) is 1.59. The van der Waals surface area contributed by atoms with Gasteiger partial charge in [-0.15, -0.1) is 39.7 Å². The summed E-state index contributed by atoms with van der Waals surface area (Å²) in [6, 6.07) is 9.63. The van der Waals surface area contributed by atoms with Crippen LogP contribution in [0, 0.1) is 6.92 Å². The first-order chi connectivity index (χ1) is 11.1. The topological polar surface area (TPSA) is 34.1 Å². The Bertz CT molecular complexity index is 863. The Labute approximate surface area is 169 Å². The second-order valence-electron chi connectivity index (χ2n) is 4.71. The first-order valence-corrected chi connectivity index (χ1v) is 9.23. The molecule has 0 amide bonds. The van der Waals surface area contributed by atoms with Crippen LogP contribution in [0.2, 0.25) is 5.02 Å². The number of nitrogens with one attached hydrogen (secondary N) is 1. The van der Waals surface area contributed by atoms with Gasteiger partial charge >= 0.3 is 0 Å². The van der Waals surface area contributed by atoms with E-state index < -0.39 is 0 Å². The maximum absolute atomic E-state index is 6.17. The fourth-order valence-electron chi connectivity index (χ4n) is 2.07. The molecule has 0 fully saturated rings. The Kier molecular flexibility index (Phi) is 6.77. The first-order valence-electron chi connectivity index (χ1n) is 6.74. The summed E-state index contributed by atoms with van der Waals surface area (Å²) in [6.45, 7) is 2.06. The fraction of sp³-hybridized carbons (Fsp3) is 0.125. The smallest absolute Gasteiger partial charge is 0.201 e. The summed E-state index contributed by atoms with van der Waals surface area (Å²) in [6.07, 6.45) is 0. The SMILES string of the molecule is Br.COC(=S)c1cc(-c2csc(Nc3ccccc3Cl)n2)c(C)s1. The number of methoxy groups -OCH3 is 1. The van der Waals surface area contributed by atoms with Crippen molar-refractivity contribution in [2.24, 2.45) is 0 Å². The van der Waals surface area contributed by atoms with E-state index in [9.17, 15) is 0 Å². The number of halogens is 2. The third-order valence-corrected chi connectivity index (χ3v) is 5.85. The standard InChI is InChI=1S/C16H13ClN2OS3.BrH/c1-9-10(7-14(23-9)15(21)20-2)13-8-22-16(19-13)18-12-6-4-3-5-11(12)17;/h3-8H,1-2H3,(H,18,19);1H. The van der Waals surface area contributed by atoms with Crippen LogP contribution in [0.15, 0.2) is 35.7 Å². The number of rotatable bonds is 4. The minimum absolute atomic E-state index is 0. The van der Waals surface area contributed by atoms with Crippen LogP contribution in [-0.2, 0) is 4.74 Å². The van der Waals surface area contributed by atoms with Gasteiger partial charge in [-0.2, -0.15) is 0 Å². The Morgan fingerprint density at radius 2 is 2.08 bits per heavy atom. The van der Waals surface area contributed by atoms with Gasteiger partial charge in [-0.05, 0) is 37.3 Å². The van der Waals surface area contributed by atoms with Crippen LogP contribution in [-0.4, -0.2) is 17.1 Å². The molecule has 8 heteroatoms. The number of thiophene rings is 1. The number of thiocarbonyl (C=S) groups is 1. The summed E-state index contributed by atoms with van der Waals surface area (Å²) < 4.78 is 5.13. The van der Waals surface area contributed by atoms with Gasteiger partial charge in [0.25, 0.3) is 0 Å². The maximum atomic E-state index is 6.17. The van der Waals surface area contributed by atoms with E-state index in [4.69, 9.17) is 28.6 Å². The van der Waals surface area contributed by atoms with Crippen LogP contribution in [0.25, 0.3) is 11.3 Å². The van der Waals surface area contributed by atoms with Gasteiger partial charge in [0.15, 0.2) is 5.13 Å². The predicted octanol–water partition coefficient (Wildman–Crippen LogP) is 6.48. The zero-order valence-corrected chi connectivity index (χ0v) is 17.7. The summed E-state index contributed by atoms with van der Waals surface area (Å²) in [5.74, 6) is 0. The molecule has 3 nitrogen and oxygen atoms in total. The number of nitrogens with zero attached hydrogens (tertiary/aromatic N) is 1. The van der Waals surface area contributed by atoms with Crippen molar-refractivity contribution in [3.8, 4) is 11.3 Å².